The highest BCUT2D eigenvalue weighted by molar-refractivity contribution is 7.04. The van der Waals surface area contributed by atoms with Crippen LogP contribution in [0.2, 0.25) is 0 Å². The van der Waals surface area contributed by atoms with Gasteiger partial charge in [-0.05, 0) is 148 Å². The van der Waals surface area contributed by atoms with Crippen LogP contribution >= 0.6 is 11.5 Å². The van der Waals surface area contributed by atoms with Gasteiger partial charge in [0, 0.05) is 63.2 Å². The van der Waals surface area contributed by atoms with E-state index in [0.29, 0.717) is 0 Å². The van der Waals surface area contributed by atoms with Crippen LogP contribution in [-0.2, 0) is 9.47 Å². The van der Waals surface area contributed by atoms with E-state index < -0.39 is 0 Å². The normalized spacial score (nSPS) is 16.5. The van der Waals surface area contributed by atoms with E-state index in [1.165, 1.54) is 210 Å². The van der Waals surface area contributed by atoms with Gasteiger partial charge in [0.05, 0.1) is 18.7 Å². The Balaban J connectivity index is -0.000000119. The monoisotopic (exact) mass is 1380 g/mol. The van der Waals surface area contributed by atoms with Crippen LogP contribution in [0, 0.1) is 59.2 Å². The Morgan fingerprint density at radius 1 is 0.240 bits per heavy atom. The third kappa shape index (κ3) is 212. The fraction of sp³-hybridized carbons (Fsp3) is 0.920. The molecule has 6 heterocycles. The molecule has 96 heavy (non-hydrogen) atoms. The highest BCUT2D eigenvalue weighted by Gasteiger charge is 1.99. The molecule has 1 aromatic heterocycles. The van der Waals surface area contributed by atoms with Gasteiger partial charge in [-0.3, -0.25) is 0 Å². The fourth-order valence-electron chi connectivity index (χ4n) is 6.24. The van der Waals surface area contributed by atoms with E-state index >= 15 is 0 Å². The van der Waals surface area contributed by atoms with Crippen LogP contribution in [0.15, 0.2) is 29.6 Å². The van der Waals surface area contributed by atoms with Crippen LogP contribution < -0.4 is 26.6 Å². The summed E-state index contributed by atoms with van der Waals surface area (Å²) in [7, 11) is 0. The zero-order valence-corrected chi connectivity index (χ0v) is 72.9. The lowest BCUT2D eigenvalue weighted by molar-refractivity contribution is 0.0968. The van der Waals surface area contributed by atoms with Gasteiger partial charge in [0.25, 0.3) is 0 Å². The molecule has 8 nitrogen and oxygen atoms in total. The molecule has 1 aromatic carbocycles. The molecule has 0 atom stereocenters. The Morgan fingerprint density at radius 3 is 0.573 bits per heavy atom. The third-order valence-electron chi connectivity index (χ3n) is 10.4. The summed E-state index contributed by atoms with van der Waals surface area (Å²) >= 11 is 1.50. The molecule has 2 aromatic rings. The number of piperazine rings is 1. The van der Waals surface area contributed by atoms with Crippen LogP contribution in [0.5, 0.6) is 0 Å². The molecule has 9 aliphatic rings. The molecule has 4 saturated carbocycles. The maximum atomic E-state index is 5.07. The largest absolute Gasteiger partial charge is 0.381 e. The number of nitrogens with one attached hydrogen (secondary N) is 5. The maximum Gasteiger partial charge on any atom is 0.0840 e. The lowest BCUT2D eigenvalue weighted by Crippen LogP contribution is -2.39. The minimum atomic E-state index is 0.833. The van der Waals surface area contributed by atoms with Gasteiger partial charge in [-0.15, -0.1) is 0 Å². The molecule has 4 aliphatic carbocycles. The van der Waals surface area contributed by atoms with Gasteiger partial charge < -0.3 is 36.1 Å². The number of aromatic nitrogens is 1. The molecular formula is C87H190N6O2S. The van der Waals surface area contributed by atoms with Crippen LogP contribution in [0.4, 0.5) is 0 Å². The summed E-state index contributed by atoms with van der Waals surface area (Å²) in [5.74, 6) is 8.33. The second kappa shape index (κ2) is 102. The number of piperidine rings is 1. The van der Waals surface area contributed by atoms with Crippen molar-refractivity contribution in [3.8, 4) is 0 Å². The van der Waals surface area contributed by atoms with Crippen LogP contribution in [0.3, 0.4) is 0 Å². The van der Waals surface area contributed by atoms with Crippen molar-refractivity contribution < 1.29 is 9.47 Å². The standard InChI is InChI=1S/C7H5NS.C6H12.C5H11N.C5H10O.C5H10.C4H10N2.C4H9NO.C4H9N.C4H8.10C4H10.C3H6/c1-2-4-7-6(3-1)5-9-8-7;3*1-2-4-6-5-3-1;1-2-4-5-3-1;1-2-6-4-3-5-1;1-3-6-4-2-5-1;1-2-4-5-3-1;1-2-4-3-1;10*1-4(2)3;1-2-3-1/h1-5H;1-6H2;6H,1-5H2;1-5H2;1-5H2;5-6H,1-4H2;5H,1-4H2;5H,1-4H2;1-4H2;10*4H,1-3H3;1-3H2. The fourth-order valence-corrected chi connectivity index (χ4v) is 6.88. The van der Waals surface area contributed by atoms with Gasteiger partial charge in [-0.1, -0.05) is 348 Å². The van der Waals surface area contributed by atoms with Crippen molar-refractivity contribution in [2.75, 3.05) is 91.9 Å². The summed E-state index contributed by atoms with van der Waals surface area (Å²) in [6, 6.07) is 8.11. The van der Waals surface area contributed by atoms with Crippen molar-refractivity contribution in [1.29, 1.82) is 0 Å². The smallest absolute Gasteiger partial charge is 0.0840 e. The molecule has 9 fully saturated rings. The lowest BCUT2D eigenvalue weighted by Gasteiger charge is -2.11. The molecular weight excluding hydrogens is 1190 g/mol. The molecule has 0 unspecified atom stereocenters. The summed E-state index contributed by atoms with van der Waals surface area (Å²) in [5.41, 5.74) is 1.10. The van der Waals surface area contributed by atoms with Gasteiger partial charge in [-0.25, -0.2) is 0 Å². The molecule has 586 valence electrons. The molecule has 9 heteroatoms. The highest BCUT2D eigenvalue weighted by atomic mass is 32.1. The first-order valence-corrected chi connectivity index (χ1v) is 42.1. The first-order chi connectivity index (χ1) is 45.3. The average Bonchev–Trinajstić information content (AvgIpc) is 1.81. The third-order valence-corrected chi connectivity index (χ3v) is 11.1. The van der Waals surface area contributed by atoms with E-state index in [1.54, 1.807) is 0 Å². The molecule has 5 N–H and O–H groups in total. The van der Waals surface area contributed by atoms with Gasteiger partial charge in [0.2, 0.25) is 0 Å². The predicted octanol–water partition coefficient (Wildman–Crippen LogP) is 27.0. The van der Waals surface area contributed by atoms with Crippen molar-refractivity contribution in [3.05, 3.63) is 29.6 Å². The molecule has 0 amide bonds. The molecule has 5 aliphatic heterocycles. The molecule has 0 bridgehead atoms. The van der Waals surface area contributed by atoms with Crippen LogP contribution in [0.25, 0.3) is 10.9 Å². The van der Waals surface area contributed by atoms with Crippen LogP contribution in [0.1, 0.15) is 375 Å². The quantitative estimate of drug-likeness (QED) is 0.178. The Labute approximate surface area is 614 Å². The van der Waals surface area contributed by atoms with Crippen molar-refractivity contribution in [1.82, 2.24) is 31.0 Å². The Morgan fingerprint density at radius 2 is 0.427 bits per heavy atom. The number of benzene rings is 1. The zero-order chi connectivity index (χ0) is 75.1. The second-order valence-electron chi connectivity index (χ2n) is 33.4. The van der Waals surface area contributed by atoms with Gasteiger partial charge in [0.15, 0.2) is 0 Å². The first kappa shape index (κ1) is 113. The minimum absolute atomic E-state index is 0.833. The molecule has 0 spiro atoms. The van der Waals surface area contributed by atoms with E-state index in [-0.39, 0.29) is 0 Å². The molecule has 0 radical (unpaired) electrons. The highest BCUT2D eigenvalue weighted by Crippen LogP contribution is 2.17. The number of hydrogen-bond acceptors (Lipinski definition) is 9. The Bertz CT molecular complexity index is 1150. The average molecular weight is 1380 g/mol. The van der Waals surface area contributed by atoms with E-state index in [4.69, 9.17) is 9.47 Å². The Kier molecular flexibility index (Phi) is 121. The van der Waals surface area contributed by atoms with Crippen molar-refractivity contribution in [2.45, 2.75) is 375 Å². The summed E-state index contributed by atoms with van der Waals surface area (Å²) in [6.07, 6.45) is 37.9. The topological polar surface area (TPSA) is 91.5 Å². The van der Waals surface area contributed by atoms with E-state index in [1.807, 2.05) is 18.2 Å². The van der Waals surface area contributed by atoms with Gasteiger partial charge in [-0.2, -0.15) is 4.37 Å². The number of hydrogen-bond donors (Lipinski definition) is 5. The van der Waals surface area contributed by atoms with Gasteiger partial charge in [0.1, 0.15) is 0 Å². The summed E-state index contributed by atoms with van der Waals surface area (Å²) in [4.78, 5) is 0. The lowest BCUT2D eigenvalue weighted by atomic mass is 10.0. The second-order valence-corrected chi connectivity index (χ2v) is 34.0. The van der Waals surface area contributed by atoms with Crippen molar-refractivity contribution >= 4 is 22.4 Å². The molecule has 11 rings (SSSR count). The summed E-state index contributed by atoms with van der Waals surface area (Å²) < 4.78 is 14.2. The molecule has 5 saturated heterocycles. The van der Waals surface area contributed by atoms with E-state index in [9.17, 15) is 0 Å². The van der Waals surface area contributed by atoms with E-state index in [0.717, 1.165) is 130 Å². The maximum absolute atomic E-state index is 5.07. The van der Waals surface area contributed by atoms with Crippen molar-refractivity contribution in [2.24, 2.45) is 59.2 Å². The number of ether oxygens (including phenoxy) is 2. The van der Waals surface area contributed by atoms with Crippen molar-refractivity contribution in [3.63, 3.8) is 0 Å². The Hall–Kier alpha value is -1.17. The number of morpholine rings is 1. The number of nitrogens with zero attached hydrogens (tertiary/aromatic N) is 1. The number of rotatable bonds is 0. The SMILES string of the molecule is C1CC1.C1CCC1.C1CCCC1.C1CCCCC1.C1CCNC1.C1CCNCC1.C1CCOCC1.C1CNCCN1.C1COCCN1.CC(C)C.CC(C)C.CC(C)C.CC(C)C.CC(C)C.CC(C)C.CC(C)C.CC(C)C.CC(C)C.CC(C)C.c1ccc2nscc2c1. The predicted molar refractivity (Wildman–Crippen MR) is 451 cm³/mol. The van der Waals surface area contributed by atoms with Gasteiger partial charge >= 0.3 is 0 Å². The number of fused-ring (bicyclic) bond motifs is 1. The summed E-state index contributed by atoms with van der Waals surface area (Å²) in [5, 5.41) is 19.4. The zero-order valence-electron chi connectivity index (χ0n) is 72.1. The van der Waals surface area contributed by atoms with E-state index in [2.05, 4.69) is 250 Å². The first-order valence-electron chi connectivity index (χ1n) is 41.3. The van der Waals surface area contributed by atoms with Crippen LogP contribution in [-0.4, -0.2) is 96.2 Å². The minimum Gasteiger partial charge on any atom is -0.381 e. The summed E-state index contributed by atoms with van der Waals surface area (Å²) in [6.45, 7) is 80.4.